The van der Waals surface area contributed by atoms with Crippen molar-refractivity contribution in [2.24, 2.45) is 0 Å². The highest BCUT2D eigenvalue weighted by Gasteiger charge is 2.16. The Morgan fingerprint density at radius 1 is 1.29 bits per heavy atom. The Hall–Kier alpha value is -0.670. The van der Waals surface area contributed by atoms with E-state index in [0.717, 1.165) is 12.1 Å². The van der Waals surface area contributed by atoms with E-state index in [0.29, 0.717) is 12.3 Å². The summed E-state index contributed by atoms with van der Waals surface area (Å²) in [6.45, 7) is 0. The maximum atomic E-state index is 13.1. The second-order valence-corrected chi connectivity index (χ2v) is 3.36. The Bertz CT molecular complexity index is 284. The maximum absolute atomic E-state index is 13.1. The first kappa shape index (κ1) is 11.4. The molecule has 0 aromatic heterocycles. The molecular weight excluding hydrogens is 210 g/mol. The fourth-order valence-electron chi connectivity index (χ4n) is 1.24. The molecule has 78 valence electrons. The van der Waals surface area contributed by atoms with Gasteiger partial charge in [-0.3, -0.25) is 0 Å². The van der Waals surface area contributed by atoms with E-state index < -0.39 is 17.7 Å². The number of hydrogen-bond acceptors (Lipinski definition) is 1. The van der Waals surface area contributed by atoms with Crippen molar-refractivity contribution in [3.8, 4) is 0 Å². The van der Waals surface area contributed by atoms with Crippen LogP contribution in [0.4, 0.5) is 8.78 Å². The van der Waals surface area contributed by atoms with Crippen LogP contribution >= 0.6 is 11.6 Å². The largest absolute Gasteiger partial charge is 0.388 e. The lowest BCUT2D eigenvalue weighted by Gasteiger charge is -2.11. The monoisotopic (exact) mass is 220 g/mol. The van der Waals surface area contributed by atoms with E-state index in [4.69, 9.17) is 11.6 Å². The lowest BCUT2D eigenvalue weighted by molar-refractivity contribution is 0.157. The van der Waals surface area contributed by atoms with E-state index in [2.05, 4.69) is 0 Å². The minimum atomic E-state index is -1.12. The fourth-order valence-corrected chi connectivity index (χ4v) is 1.40. The minimum Gasteiger partial charge on any atom is -0.388 e. The molecule has 0 fully saturated rings. The topological polar surface area (TPSA) is 20.2 Å². The molecular formula is C10H11ClF2O. The molecule has 14 heavy (non-hydrogen) atoms. The Kier molecular flexibility index (Phi) is 4.29. The van der Waals surface area contributed by atoms with Crippen molar-refractivity contribution in [3.05, 3.63) is 35.4 Å². The summed E-state index contributed by atoms with van der Waals surface area (Å²) < 4.78 is 26.2. The molecule has 1 atom stereocenters. The summed E-state index contributed by atoms with van der Waals surface area (Å²) in [5.74, 6) is -1.06. The van der Waals surface area contributed by atoms with Gasteiger partial charge in [-0.25, -0.2) is 8.78 Å². The second-order valence-electron chi connectivity index (χ2n) is 2.98. The quantitative estimate of drug-likeness (QED) is 0.774. The minimum absolute atomic E-state index is 0.265. The van der Waals surface area contributed by atoms with Gasteiger partial charge in [-0.2, -0.15) is 0 Å². The van der Waals surface area contributed by atoms with Crippen molar-refractivity contribution < 1.29 is 13.9 Å². The lowest BCUT2D eigenvalue weighted by Crippen LogP contribution is -2.04. The van der Waals surface area contributed by atoms with Gasteiger partial charge >= 0.3 is 0 Å². The van der Waals surface area contributed by atoms with Crippen molar-refractivity contribution in [2.45, 2.75) is 18.9 Å². The van der Waals surface area contributed by atoms with E-state index in [-0.39, 0.29) is 12.0 Å². The molecule has 0 aliphatic carbocycles. The summed E-state index contributed by atoms with van der Waals surface area (Å²) >= 11 is 5.41. The standard InChI is InChI=1S/C10H11ClF2O/c11-6-2-5-9(14)10-7(12)3-1-4-8(10)13/h1,3-4,9,14H,2,5-6H2. The van der Waals surface area contributed by atoms with Gasteiger partial charge in [0.15, 0.2) is 0 Å². The highest BCUT2D eigenvalue weighted by atomic mass is 35.5. The van der Waals surface area contributed by atoms with Crippen LogP contribution in [0, 0.1) is 11.6 Å². The van der Waals surface area contributed by atoms with Crippen LogP contribution in [0.1, 0.15) is 24.5 Å². The average Bonchev–Trinajstić information content (AvgIpc) is 2.14. The number of benzene rings is 1. The Morgan fingerprint density at radius 3 is 2.36 bits per heavy atom. The molecule has 0 heterocycles. The molecule has 0 aliphatic heterocycles. The zero-order chi connectivity index (χ0) is 10.6. The highest BCUT2D eigenvalue weighted by Crippen LogP contribution is 2.24. The van der Waals surface area contributed by atoms with Gasteiger partial charge < -0.3 is 5.11 Å². The number of rotatable bonds is 4. The molecule has 0 radical (unpaired) electrons. The first-order valence-corrected chi connectivity index (χ1v) is 4.88. The van der Waals surface area contributed by atoms with Gasteiger partial charge in [0.25, 0.3) is 0 Å². The summed E-state index contributed by atoms with van der Waals surface area (Å²) in [6, 6.07) is 3.52. The van der Waals surface area contributed by atoms with Crippen molar-refractivity contribution in [2.75, 3.05) is 5.88 Å². The summed E-state index contributed by atoms with van der Waals surface area (Å²) in [6.07, 6.45) is -0.326. The number of alkyl halides is 1. The summed E-state index contributed by atoms with van der Waals surface area (Å²) in [7, 11) is 0. The van der Waals surface area contributed by atoms with Crippen LogP contribution < -0.4 is 0 Å². The Labute approximate surface area is 86.3 Å². The van der Waals surface area contributed by atoms with Crippen LogP contribution in [-0.4, -0.2) is 11.0 Å². The van der Waals surface area contributed by atoms with Crippen LogP contribution in [0.2, 0.25) is 0 Å². The second kappa shape index (κ2) is 5.27. The van der Waals surface area contributed by atoms with Gasteiger partial charge in [0.1, 0.15) is 11.6 Å². The molecule has 1 unspecified atom stereocenters. The number of hydrogen-bond donors (Lipinski definition) is 1. The van der Waals surface area contributed by atoms with E-state index >= 15 is 0 Å². The van der Waals surface area contributed by atoms with Crippen LogP contribution in [-0.2, 0) is 0 Å². The summed E-state index contributed by atoms with van der Waals surface area (Å²) in [4.78, 5) is 0. The number of halogens is 3. The third-order valence-corrected chi connectivity index (χ3v) is 2.21. The normalized spacial score (nSPS) is 12.9. The fraction of sp³-hybridized carbons (Fsp3) is 0.400. The van der Waals surface area contributed by atoms with Gasteiger partial charge in [0.05, 0.1) is 11.7 Å². The van der Waals surface area contributed by atoms with E-state index in [9.17, 15) is 13.9 Å². The number of aliphatic hydroxyl groups is 1. The molecule has 0 saturated heterocycles. The molecule has 0 aliphatic rings. The van der Waals surface area contributed by atoms with Crippen LogP contribution in [0.3, 0.4) is 0 Å². The summed E-state index contributed by atoms with van der Waals surface area (Å²) in [5.41, 5.74) is -0.266. The molecule has 0 amide bonds. The molecule has 1 N–H and O–H groups in total. The van der Waals surface area contributed by atoms with Gasteiger partial charge in [-0.15, -0.1) is 11.6 Å². The smallest absolute Gasteiger partial charge is 0.131 e. The SMILES string of the molecule is OC(CCCCl)c1c(F)cccc1F. The zero-order valence-electron chi connectivity index (χ0n) is 7.51. The van der Waals surface area contributed by atoms with Crippen molar-refractivity contribution in [3.63, 3.8) is 0 Å². The van der Waals surface area contributed by atoms with Crippen molar-refractivity contribution in [1.29, 1.82) is 0 Å². The van der Waals surface area contributed by atoms with Crippen LogP contribution in [0.15, 0.2) is 18.2 Å². The predicted octanol–water partition coefficient (Wildman–Crippen LogP) is 3.02. The van der Waals surface area contributed by atoms with E-state index in [1.807, 2.05) is 0 Å². The van der Waals surface area contributed by atoms with Gasteiger partial charge in [-0.05, 0) is 25.0 Å². The zero-order valence-corrected chi connectivity index (χ0v) is 8.27. The average molecular weight is 221 g/mol. The number of aliphatic hydroxyl groups excluding tert-OH is 1. The Balaban J connectivity index is 2.82. The molecule has 0 saturated carbocycles. The lowest BCUT2D eigenvalue weighted by atomic mass is 10.0. The van der Waals surface area contributed by atoms with Gasteiger partial charge in [0.2, 0.25) is 0 Å². The molecule has 1 aromatic rings. The van der Waals surface area contributed by atoms with Crippen LogP contribution in [0.5, 0.6) is 0 Å². The summed E-state index contributed by atoms with van der Waals surface area (Å²) in [5, 5.41) is 9.47. The third kappa shape index (κ3) is 2.66. The highest BCUT2D eigenvalue weighted by molar-refractivity contribution is 6.17. The molecule has 1 aromatic carbocycles. The molecule has 0 spiro atoms. The Morgan fingerprint density at radius 2 is 1.86 bits per heavy atom. The molecule has 0 bridgehead atoms. The van der Waals surface area contributed by atoms with Crippen molar-refractivity contribution in [1.82, 2.24) is 0 Å². The first-order chi connectivity index (χ1) is 6.66. The van der Waals surface area contributed by atoms with Gasteiger partial charge in [0, 0.05) is 5.88 Å². The molecule has 1 nitrogen and oxygen atoms in total. The molecule has 4 heteroatoms. The van der Waals surface area contributed by atoms with E-state index in [1.165, 1.54) is 6.07 Å². The maximum Gasteiger partial charge on any atom is 0.131 e. The van der Waals surface area contributed by atoms with Gasteiger partial charge in [-0.1, -0.05) is 6.07 Å². The van der Waals surface area contributed by atoms with E-state index in [1.54, 1.807) is 0 Å². The van der Waals surface area contributed by atoms with Crippen molar-refractivity contribution >= 4 is 11.6 Å². The first-order valence-electron chi connectivity index (χ1n) is 4.34. The van der Waals surface area contributed by atoms with Crippen LogP contribution in [0.25, 0.3) is 0 Å². The molecule has 1 rings (SSSR count). The third-order valence-electron chi connectivity index (χ3n) is 1.94. The predicted molar refractivity (Wildman–Crippen MR) is 51.3 cm³/mol.